The minimum atomic E-state index is 0.0146. The Morgan fingerprint density at radius 3 is 3.06 bits per heavy atom. The summed E-state index contributed by atoms with van der Waals surface area (Å²) in [4.78, 5) is 8.28. The second kappa shape index (κ2) is 3.48. The number of hydrogen-bond acceptors (Lipinski definition) is 5. The number of fused-ring (bicyclic) bond motifs is 1. The summed E-state index contributed by atoms with van der Waals surface area (Å²) in [5.41, 5.74) is 7.18. The molecule has 0 unspecified atom stereocenters. The zero-order valence-corrected chi connectivity index (χ0v) is 8.79. The molecule has 1 aliphatic rings. The van der Waals surface area contributed by atoms with E-state index in [1.807, 2.05) is 12.1 Å². The molecule has 2 aromatic heterocycles. The maximum atomic E-state index is 9.56. The fourth-order valence-electron chi connectivity index (χ4n) is 1.70. The lowest BCUT2D eigenvalue weighted by Crippen LogP contribution is -1.81. The summed E-state index contributed by atoms with van der Waals surface area (Å²) in [5, 5.41) is 9.56. The average molecular weight is 227 g/mol. The van der Waals surface area contributed by atoms with Gasteiger partial charge in [0.15, 0.2) is 23.2 Å². The molecular weight excluding hydrogens is 218 g/mol. The summed E-state index contributed by atoms with van der Waals surface area (Å²) in [6, 6.07) is 5.10. The number of furan rings is 1. The fourth-order valence-corrected chi connectivity index (χ4v) is 1.70. The highest BCUT2D eigenvalue weighted by Crippen LogP contribution is 2.33. The van der Waals surface area contributed by atoms with Gasteiger partial charge in [-0.25, -0.2) is 9.98 Å². The van der Waals surface area contributed by atoms with Gasteiger partial charge in [0, 0.05) is 29.6 Å². The van der Waals surface area contributed by atoms with Gasteiger partial charge in [-0.2, -0.15) is 0 Å². The number of pyridine rings is 1. The summed E-state index contributed by atoms with van der Waals surface area (Å²) >= 11 is 0. The van der Waals surface area contributed by atoms with E-state index in [4.69, 9.17) is 10.2 Å². The van der Waals surface area contributed by atoms with Gasteiger partial charge >= 0.3 is 0 Å². The first-order valence-corrected chi connectivity index (χ1v) is 5.03. The smallest absolute Gasteiger partial charge is 0.194 e. The van der Waals surface area contributed by atoms with Gasteiger partial charge in [-0.15, -0.1) is 0 Å². The molecule has 0 aliphatic carbocycles. The molecule has 84 valence electrons. The van der Waals surface area contributed by atoms with Crippen molar-refractivity contribution in [2.24, 2.45) is 4.99 Å². The molecule has 0 saturated carbocycles. The van der Waals surface area contributed by atoms with Crippen molar-refractivity contribution in [2.75, 3.05) is 5.73 Å². The van der Waals surface area contributed by atoms with Crippen LogP contribution >= 0.6 is 0 Å². The van der Waals surface area contributed by atoms with E-state index >= 15 is 0 Å². The Labute approximate surface area is 96.9 Å². The summed E-state index contributed by atoms with van der Waals surface area (Å²) in [7, 11) is 0. The Kier molecular flexibility index (Phi) is 1.98. The van der Waals surface area contributed by atoms with Crippen LogP contribution in [-0.2, 0) is 0 Å². The molecule has 0 bridgehead atoms. The molecule has 0 amide bonds. The molecule has 5 heteroatoms. The zero-order valence-electron chi connectivity index (χ0n) is 8.79. The number of aromatic hydroxyl groups is 1. The second-order valence-electron chi connectivity index (χ2n) is 3.63. The minimum Gasteiger partial charge on any atom is -0.504 e. The average Bonchev–Trinajstić information content (AvgIpc) is 2.85. The molecule has 1 aliphatic heterocycles. The maximum absolute atomic E-state index is 9.56. The lowest BCUT2D eigenvalue weighted by atomic mass is 10.1. The van der Waals surface area contributed by atoms with Gasteiger partial charge in [0.25, 0.3) is 0 Å². The molecule has 5 nitrogen and oxygen atoms in total. The van der Waals surface area contributed by atoms with E-state index in [1.165, 1.54) is 6.07 Å². The lowest BCUT2D eigenvalue weighted by molar-refractivity contribution is 0.456. The zero-order chi connectivity index (χ0) is 11.8. The number of anilines is 1. The van der Waals surface area contributed by atoms with Crippen molar-refractivity contribution in [2.45, 2.75) is 0 Å². The Bertz CT molecular complexity index is 641. The lowest BCUT2D eigenvalue weighted by Gasteiger charge is -1.96. The van der Waals surface area contributed by atoms with Gasteiger partial charge < -0.3 is 15.3 Å². The van der Waals surface area contributed by atoms with E-state index < -0.39 is 0 Å². The predicted molar refractivity (Wildman–Crippen MR) is 65.0 cm³/mol. The van der Waals surface area contributed by atoms with E-state index in [9.17, 15) is 5.11 Å². The highest BCUT2D eigenvalue weighted by molar-refractivity contribution is 6.20. The summed E-state index contributed by atoms with van der Waals surface area (Å²) in [5.74, 6) is 1.18. The number of hydrogen-bond donors (Lipinski definition) is 2. The molecule has 0 spiro atoms. The summed E-state index contributed by atoms with van der Waals surface area (Å²) in [6.07, 6.45) is 5.04. The topological polar surface area (TPSA) is 84.6 Å². The highest BCUT2D eigenvalue weighted by Gasteiger charge is 2.14. The van der Waals surface area contributed by atoms with Crippen molar-refractivity contribution in [3.8, 4) is 5.75 Å². The third-order valence-corrected chi connectivity index (χ3v) is 2.47. The number of allylic oxidation sites excluding steroid dienone is 1. The Balaban J connectivity index is 2.08. The molecule has 0 fully saturated rings. The molecule has 17 heavy (non-hydrogen) atoms. The SMILES string of the molecule is Nc1cc(O)c(C=C2C=Nc3ncccc32)o1. The molecule has 2 aromatic rings. The molecule has 0 atom stereocenters. The van der Waals surface area contributed by atoms with E-state index in [1.54, 1.807) is 18.5 Å². The first kappa shape index (κ1) is 9.65. The number of aliphatic imine (C=N–C) groups is 1. The number of nitrogens with two attached hydrogens (primary N) is 1. The largest absolute Gasteiger partial charge is 0.504 e. The maximum Gasteiger partial charge on any atom is 0.194 e. The number of rotatable bonds is 1. The van der Waals surface area contributed by atoms with Crippen LogP contribution in [0.15, 0.2) is 33.8 Å². The van der Waals surface area contributed by atoms with Crippen molar-refractivity contribution in [3.63, 3.8) is 0 Å². The summed E-state index contributed by atoms with van der Waals surface area (Å²) < 4.78 is 5.16. The van der Waals surface area contributed by atoms with E-state index in [-0.39, 0.29) is 11.6 Å². The van der Waals surface area contributed by atoms with Crippen LogP contribution in [0.25, 0.3) is 11.6 Å². The van der Waals surface area contributed by atoms with Crippen LogP contribution < -0.4 is 5.73 Å². The number of nitrogen functional groups attached to an aromatic ring is 1. The van der Waals surface area contributed by atoms with Crippen molar-refractivity contribution >= 4 is 29.6 Å². The van der Waals surface area contributed by atoms with Crippen molar-refractivity contribution < 1.29 is 9.52 Å². The molecule has 3 rings (SSSR count). The van der Waals surface area contributed by atoms with Crippen molar-refractivity contribution in [1.82, 2.24) is 4.98 Å². The summed E-state index contributed by atoms with van der Waals surface area (Å²) in [6.45, 7) is 0. The Hall–Kier alpha value is -2.56. The molecule has 0 aromatic carbocycles. The van der Waals surface area contributed by atoms with Gasteiger partial charge in [-0.05, 0) is 18.2 Å². The quantitative estimate of drug-likeness (QED) is 0.782. The second-order valence-corrected chi connectivity index (χ2v) is 3.63. The monoisotopic (exact) mass is 227 g/mol. The van der Waals surface area contributed by atoms with E-state index in [0.29, 0.717) is 11.6 Å². The molecule has 0 saturated heterocycles. The van der Waals surface area contributed by atoms with Crippen molar-refractivity contribution in [3.05, 3.63) is 35.7 Å². The highest BCUT2D eigenvalue weighted by atomic mass is 16.4. The van der Waals surface area contributed by atoms with Crippen LogP contribution in [-0.4, -0.2) is 16.3 Å². The molecule has 3 N–H and O–H groups in total. The van der Waals surface area contributed by atoms with Crippen LogP contribution in [0.1, 0.15) is 11.3 Å². The normalized spacial score (nSPS) is 15.4. The third-order valence-electron chi connectivity index (χ3n) is 2.47. The molecule has 3 heterocycles. The minimum absolute atomic E-state index is 0.0146. The van der Waals surface area contributed by atoms with E-state index in [0.717, 1.165) is 11.1 Å². The van der Waals surface area contributed by atoms with E-state index in [2.05, 4.69) is 9.98 Å². The first-order chi connectivity index (χ1) is 8.24. The number of nitrogens with zero attached hydrogens (tertiary/aromatic N) is 2. The number of aromatic nitrogens is 1. The standard InChI is InChI=1S/C12H9N3O2/c13-11-5-9(16)10(17-11)4-7-6-15-12-8(7)2-1-3-14-12/h1-6,16H,13H2. The Morgan fingerprint density at radius 2 is 2.29 bits per heavy atom. The molecular formula is C12H9N3O2. The molecule has 0 radical (unpaired) electrons. The van der Waals surface area contributed by atoms with Crippen LogP contribution in [0, 0.1) is 0 Å². The van der Waals surface area contributed by atoms with Crippen molar-refractivity contribution in [1.29, 1.82) is 0 Å². The van der Waals surface area contributed by atoms with Gasteiger partial charge in [0.1, 0.15) is 0 Å². The van der Waals surface area contributed by atoms with Crippen LogP contribution in [0.5, 0.6) is 5.75 Å². The van der Waals surface area contributed by atoms with Gasteiger partial charge in [0.05, 0.1) is 0 Å². The fraction of sp³-hybridized carbons (Fsp3) is 0. The third kappa shape index (κ3) is 1.57. The predicted octanol–water partition coefficient (Wildman–Crippen LogP) is 2.22. The van der Waals surface area contributed by atoms with Gasteiger partial charge in [-0.1, -0.05) is 0 Å². The van der Waals surface area contributed by atoms with Gasteiger partial charge in [0.2, 0.25) is 0 Å². The van der Waals surface area contributed by atoms with Crippen LogP contribution in [0.3, 0.4) is 0 Å². The Morgan fingerprint density at radius 1 is 1.41 bits per heavy atom. The van der Waals surface area contributed by atoms with Crippen LogP contribution in [0.2, 0.25) is 0 Å². The van der Waals surface area contributed by atoms with Crippen LogP contribution in [0.4, 0.5) is 11.7 Å². The van der Waals surface area contributed by atoms with Gasteiger partial charge in [-0.3, -0.25) is 0 Å². The first-order valence-electron chi connectivity index (χ1n) is 5.03.